The van der Waals surface area contributed by atoms with Crippen LogP contribution in [0.1, 0.15) is 17.2 Å². The highest BCUT2D eigenvalue weighted by molar-refractivity contribution is 9.10. The molecular weight excluding hydrogens is 330 g/mol. The summed E-state index contributed by atoms with van der Waals surface area (Å²) in [5, 5.41) is 0.619. The molecule has 0 amide bonds. The third kappa shape index (κ3) is 3.06. The number of nitrogens with one attached hydrogen (secondary N) is 1. The number of rotatable bonds is 4. The molecule has 1 heterocycles. The van der Waals surface area contributed by atoms with E-state index in [0.717, 1.165) is 15.6 Å². The molecule has 0 spiro atoms. The van der Waals surface area contributed by atoms with Crippen LogP contribution in [-0.2, 0) is 0 Å². The Morgan fingerprint density at radius 2 is 2.21 bits per heavy atom. The Morgan fingerprint density at radius 1 is 1.42 bits per heavy atom. The summed E-state index contributed by atoms with van der Waals surface area (Å²) in [4.78, 5) is 4.13. The average molecular weight is 343 g/mol. The second-order valence-corrected chi connectivity index (χ2v) is 5.13. The van der Waals surface area contributed by atoms with Gasteiger partial charge in [-0.15, -0.1) is 0 Å². The molecule has 2 rings (SSSR count). The molecule has 100 valence electrons. The number of hydrogen-bond donors (Lipinski definition) is 2. The number of methoxy groups -OCH3 is 1. The molecule has 0 bridgehead atoms. The van der Waals surface area contributed by atoms with Crippen molar-refractivity contribution in [3.05, 3.63) is 57.3 Å². The lowest BCUT2D eigenvalue weighted by molar-refractivity contribution is 0.411. The molecule has 4 nitrogen and oxygen atoms in total. The molecule has 0 radical (unpaired) electrons. The van der Waals surface area contributed by atoms with E-state index in [4.69, 9.17) is 22.2 Å². The molecule has 1 unspecified atom stereocenters. The second kappa shape index (κ2) is 6.34. The Morgan fingerprint density at radius 3 is 2.89 bits per heavy atom. The van der Waals surface area contributed by atoms with Gasteiger partial charge in [0.2, 0.25) is 0 Å². The number of aromatic nitrogens is 1. The Balaban J connectivity index is 2.46. The number of halogens is 2. The minimum Gasteiger partial charge on any atom is -0.495 e. The van der Waals surface area contributed by atoms with Crippen LogP contribution in [0.15, 0.2) is 41.1 Å². The number of benzene rings is 1. The summed E-state index contributed by atoms with van der Waals surface area (Å²) in [6.07, 6.45) is 3.36. The van der Waals surface area contributed by atoms with Gasteiger partial charge < -0.3 is 4.74 Å². The highest BCUT2D eigenvalue weighted by Crippen LogP contribution is 2.33. The summed E-state index contributed by atoms with van der Waals surface area (Å²) in [5.41, 5.74) is 4.50. The van der Waals surface area contributed by atoms with E-state index in [2.05, 4.69) is 26.3 Å². The van der Waals surface area contributed by atoms with Crippen molar-refractivity contribution < 1.29 is 4.74 Å². The normalized spacial score (nSPS) is 12.2. The van der Waals surface area contributed by atoms with Gasteiger partial charge in [-0.25, -0.2) is 5.43 Å². The predicted molar refractivity (Wildman–Crippen MR) is 79.1 cm³/mol. The summed E-state index contributed by atoms with van der Waals surface area (Å²) in [6.45, 7) is 0. The molecule has 0 saturated heterocycles. The van der Waals surface area contributed by atoms with Crippen molar-refractivity contribution in [1.82, 2.24) is 10.4 Å². The quantitative estimate of drug-likeness (QED) is 0.662. The fourth-order valence-corrected chi connectivity index (χ4v) is 2.43. The first-order valence-corrected chi connectivity index (χ1v) is 6.73. The molecule has 6 heteroatoms. The van der Waals surface area contributed by atoms with Gasteiger partial charge in [-0.2, -0.15) is 0 Å². The Kier molecular flexibility index (Phi) is 4.76. The lowest BCUT2D eigenvalue weighted by Crippen LogP contribution is -2.29. The number of pyridine rings is 1. The lowest BCUT2D eigenvalue weighted by atomic mass is 10.0. The SMILES string of the molecule is COc1cncc(C(NN)c2cccc(Br)c2Cl)c1. The Labute approximate surface area is 125 Å². The van der Waals surface area contributed by atoms with Crippen LogP contribution in [0.5, 0.6) is 5.75 Å². The first kappa shape index (κ1) is 14.3. The topological polar surface area (TPSA) is 60.2 Å². The Bertz CT molecular complexity index is 580. The van der Waals surface area contributed by atoms with Gasteiger partial charge in [0.05, 0.1) is 24.4 Å². The van der Waals surface area contributed by atoms with E-state index in [1.807, 2.05) is 24.3 Å². The van der Waals surface area contributed by atoms with Crippen LogP contribution < -0.4 is 16.0 Å². The number of hydrogen-bond acceptors (Lipinski definition) is 4. The van der Waals surface area contributed by atoms with E-state index in [0.29, 0.717) is 10.8 Å². The fourth-order valence-electron chi connectivity index (χ4n) is 1.81. The molecule has 1 aromatic heterocycles. The monoisotopic (exact) mass is 341 g/mol. The summed E-state index contributed by atoms with van der Waals surface area (Å²) in [5.74, 6) is 6.33. The maximum atomic E-state index is 6.30. The highest BCUT2D eigenvalue weighted by Gasteiger charge is 2.17. The van der Waals surface area contributed by atoms with E-state index < -0.39 is 0 Å². The molecule has 0 aliphatic carbocycles. The van der Waals surface area contributed by atoms with Crippen LogP contribution >= 0.6 is 27.5 Å². The molecule has 0 fully saturated rings. The number of ether oxygens (including phenoxy) is 1. The molecule has 0 aliphatic heterocycles. The van der Waals surface area contributed by atoms with Crippen LogP contribution in [0.4, 0.5) is 0 Å². The summed E-state index contributed by atoms with van der Waals surface area (Å²) < 4.78 is 5.99. The average Bonchev–Trinajstić information content (AvgIpc) is 2.44. The van der Waals surface area contributed by atoms with E-state index >= 15 is 0 Å². The van der Waals surface area contributed by atoms with Gasteiger partial charge in [0.25, 0.3) is 0 Å². The molecule has 0 saturated carbocycles. The van der Waals surface area contributed by atoms with Crippen molar-refractivity contribution in [2.75, 3.05) is 7.11 Å². The van der Waals surface area contributed by atoms with E-state index in [-0.39, 0.29) is 6.04 Å². The van der Waals surface area contributed by atoms with Crippen LogP contribution in [0.3, 0.4) is 0 Å². The van der Waals surface area contributed by atoms with Crippen LogP contribution in [0.2, 0.25) is 5.02 Å². The van der Waals surface area contributed by atoms with Crippen molar-refractivity contribution in [3.8, 4) is 5.75 Å². The van der Waals surface area contributed by atoms with Gasteiger partial charge in [0.1, 0.15) is 5.75 Å². The fraction of sp³-hybridized carbons (Fsp3) is 0.154. The van der Waals surface area contributed by atoms with E-state index in [1.54, 1.807) is 19.5 Å². The van der Waals surface area contributed by atoms with Crippen molar-refractivity contribution in [2.45, 2.75) is 6.04 Å². The first-order valence-electron chi connectivity index (χ1n) is 5.56. The van der Waals surface area contributed by atoms with Crippen molar-refractivity contribution in [1.29, 1.82) is 0 Å². The van der Waals surface area contributed by atoms with Crippen LogP contribution in [-0.4, -0.2) is 12.1 Å². The molecule has 19 heavy (non-hydrogen) atoms. The van der Waals surface area contributed by atoms with E-state index in [9.17, 15) is 0 Å². The largest absolute Gasteiger partial charge is 0.495 e. The minimum absolute atomic E-state index is 0.257. The maximum Gasteiger partial charge on any atom is 0.137 e. The van der Waals surface area contributed by atoms with Crippen molar-refractivity contribution in [2.24, 2.45) is 5.84 Å². The third-order valence-corrected chi connectivity index (χ3v) is 4.07. The lowest BCUT2D eigenvalue weighted by Gasteiger charge is -2.19. The molecule has 3 N–H and O–H groups in total. The highest BCUT2D eigenvalue weighted by atomic mass is 79.9. The van der Waals surface area contributed by atoms with Gasteiger partial charge in [0, 0.05) is 10.7 Å². The van der Waals surface area contributed by atoms with Gasteiger partial charge in [-0.3, -0.25) is 10.8 Å². The summed E-state index contributed by atoms with van der Waals surface area (Å²) in [6, 6.07) is 7.31. The second-order valence-electron chi connectivity index (χ2n) is 3.90. The standard InChI is InChI=1S/C13H13BrClN3O/c1-19-9-5-8(6-17-7-9)13(18-16)10-3-2-4-11(14)12(10)15/h2-7,13,18H,16H2,1H3. The van der Waals surface area contributed by atoms with Gasteiger partial charge >= 0.3 is 0 Å². The minimum atomic E-state index is -0.257. The third-order valence-electron chi connectivity index (χ3n) is 2.76. The van der Waals surface area contributed by atoms with Gasteiger partial charge in [0.15, 0.2) is 0 Å². The van der Waals surface area contributed by atoms with Crippen molar-refractivity contribution >= 4 is 27.5 Å². The maximum absolute atomic E-state index is 6.30. The zero-order valence-electron chi connectivity index (χ0n) is 10.2. The molecular formula is C13H13BrClN3O. The first-order chi connectivity index (χ1) is 9.17. The molecule has 1 atom stereocenters. The number of nitrogens with zero attached hydrogens (tertiary/aromatic N) is 1. The zero-order valence-corrected chi connectivity index (χ0v) is 12.6. The summed E-state index contributed by atoms with van der Waals surface area (Å²) in [7, 11) is 1.59. The van der Waals surface area contributed by atoms with Crippen molar-refractivity contribution in [3.63, 3.8) is 0 Å². The summed E-state index contributed by atoms with van der Waals surface area (Å²) >= 11 is 9.70. The number of hydrazine groups is 1. The molecule has 1 aromatic carbocycles. The smallest absolute Gasteiger partial charge is 0.137 e. The molecule has 2 aromatic rings. The Hall–Kier alpha value is -1.14. The van der Waals surface area contributed by atoms with Crippen LogP contribution in [0, 0.1) is 0 Å². The van der Waals surface area contributed by atoms with Gasteiger partial charge in [-0.05, 0) is 39.2 Å². The zero-order chi connectivity index (χ0) is 13.8. The van der Waals surface area contributed by atoms with Gasteiger partial charge in [-0.1, -0.05) is 23.7 Å². The molecule has 0 aliphatic rings. The van der Waals surface area contributed by atoms with Crippen LogP contribution in [0.25, 0.3) is 0 Å². The predicted octanol–water partition coefficient (Wildman–Crippen LogP) is 3.06. The van der Waals surface area contributed by atoms with E-state index in [1.165, 1.54) is 0 Å². The number of nitrogens with two attached hydrogens (primary N) is 1.